The third kappa shape index (κ3) is 4.88. The van der Waals surface area contributed by atoms with Crippen LogP contribution in [0.1, 0.15) is 69.4 Å². The Morgan fingerprint density at radius 1 is 1.18 bits per heavy atom. The molecule has 2 heteroatoms. The fourth-order valence-electron chi connectivity index (χ4n) is 3.15. The van der Waals surface area contributed by atoms with Crippen LogP contribution >= 0.6 is 0 Å². The van der Waals surface area contributed by atoms with Crippen molar-refractivity contribution in [2.24, 2.45) is 11.8 Å². The quantitative estimate of drug-likeness (QED) is 0.536. The van der Waals surface area contributed by atoms with E-state index in [1.54, 1.807) is 6.07 Å². The van der Waals surface area contributed by atoms with Crippen LogP contribution in [0.15, 0.2) is 18.2 Å². The summed E-state index contributed by atoms with van der Waals surface area (Å²) in [7, 11) is 0. The van der Waals surface area contributed by atoms with Crippen LogP contribution in [-0.2, 0) is 0 Å². The van der Waals surface area contributed by atoms with Gasteiger partial charge in [0.1, 0.15) is 11.9 Å². The second-order valence-corrected chi connectivity index (χ2v) is 6.29. The van der Waals surface area contributed by atoms with Gasteiger partial charge in [0, 0.05) is 11.5 Å². The number of benzene rings is 1. The molecule has 1 fully saturated rings. The van der Waals surface area contributed by atoms with Crippen LogP contribution in [0.3, 0.4) is 0 Å². The van der Waals surface area contributed by atoms with Crippen molar-refractivity contribution in [3.63, 3.8) is 0 Å². The molecule has 1 aliphatic rings. The molecule has 1 aromatic rings. The first-order valence-electron chi connectivity index (χ1n) is 8.44. The van der Waals surface area contributed by atoms with Gasteiger partial charge in [0.15, 0.2) is 0 Å². The van der Waals surface area contributed by atoms with Gasteiger partial charge >= 0.3 is 0 Å². The molecule has 0 aliphatic heterocycles. The molecule has 2 rings (SSSR count). The van der Waals surface area contributed by atoms with Gasteiger partial charge in [-0.15, -0.1) is 0 Å². The highest BCUT2D eigenvalue weighted by Crippen LogP contribution is 2.31. The lowest BCUT2D eigenvalue weighted by molar-refractivity contribution is 0.294. The third-order valence-corrected chi connectivity index (χ3v) is 4.57. The first-order valence-corrected chi connectivity index (χ1v) is 8.44. The molecular formula is C20H24FN. The van der Waals surface area contributed by atoms with Gasteiger partial charge in [-0.25, -0.2) is 4.39 Å². The van der Waals surface area contributed by atoms with E-state index < -0.39 is 5.82 Å². The van der Waals surface area contributed by atoms with E-state index in [2.05, 4.69) is 18.8 Å². The summed E-state index contributed by atoms with van der Waals surface area (Å²) in [6.45, 7) is 2.25. The topological polar surface area (TPSA) is 23.8 Å². The van der Waals surface area contributed by atoms with Crippen molar-refractivity contribution in [3.05, 3.63) is 35.1 Å². The smallest absolute Gasteiger partial charge is 0.142 e. The van der Waals surface area contributed by atoms with Gasteiger partial charge in [-0.1, -0.05) is 44.4 Å². The Morgan fingerprint density at radius 3 is 2.59 bits per heavy atom. The maximum atomic E-state index is 13.5. The summed E-state index contributed by atoms with van der Waals surface area (Å²) < 4.78 is 13.5. The number of hydrogen-bond donors (Lipinski definition) is 0. The van der Waals surface area contributed by atoms with E-state index in [1.807, 2.05) is 6.07 Å². The van der Waals surface area contributed by atoms with Crippen LogP contribution in [0.2, 0.25) is 0 Å². The molecule has 0 bridgehead atoms. The predicted molar refractivity (Wildman–Crippen MR) is 87.6 cm³/mol. The zero-order valence-corrected chi connectivity index (χ0v) is 13.4. The summed E-state index contributed by atoms with van der Waals surface area (Å²) in [6.07, 6.45) is 10.3. The number of halogens is 1. The summed E-state index contributed by atoms with van der Waals surface area (Å²) in [6, 6.07) is 6.42. The lowest BCUT2D eigenvalue weighted by atomic mass is 9.80. The van der Waals surface area contributed by atoms with Crippen molar-refractivity contribution in [3.8, 4) is 17.9 Å². The SMILES string of the molecule is CCCCCC1CCC(C#Cc2ccc(C#N)c(F)c2)CC1. The molecular weight excluding hydrogens is 273 g/mol. The zero-order valence-electron chi connectivity index (χ0n) is 13.4. The number of rotatable bonds is 4. The third-order valence-electron chi connectivity index (χ3n) is 4.57. The number of nitrogens with zero attached hydrogens (tertiary/aromatic N) is 1. The first kappa shape index (κ1) is 16.6. The number of nitriles is 1. The fourth-order valence-corrected chi connectivity index (χ4v) is 3.15. The lowest BCUT2D eigenvalue weighted by Crippen LogP contribution is -2.13. The minimum absolute atomic E-state index is 0.0816. The van der Waals surface area contributed by atoms with Crippen LogP contribution in [0.25, 0.3) is 0 Å². The van der Waals surface area contributed by atoms with Crippen molar-refractivity contribution in [1.82, 2.24) is 0 Å². The largest absolute Gasteiger partial charge is 0.206 e. The molecule has 22 heavy (non-hydrogen) atoms. The van der Waals surface area contributed by atoms with E-state index in [1.165, 1.54) is 63.5 Å². The molecule has 0 spiro atoms. The molecule has 0 unspecified atom stereocenters. The van der Waals surface area contributed by atoms with Gasteiger partial charge in [0.05, 0.1) is 5.56 Å². The second kappa shape index (κ2) is 8.60. The molecule has 0 saturated heterocycles. The van der Waals surface area contributed by atoms with Gasteiger partial charge in [-0.05, 0) is 49.8 Å². The van der Waals surface area contributed by atoms with E-state index in [9.17, 15) is 4.39 Å². The molecule has 0 N–H and O–H groups in total. The highest BCUT2D eigenvalue weighted by atomic mass is 19.1. The predicted octanol–water partition coefficient (Wildman–Crippen LogP) is 5.44. The summed E-state index contributed by atoms with van der Waals surface area (Å²) in [4.78, 5) is 0. The minimum Gasteiger partial charge on any atom is -0.206 e. The second-order valence-electron chi connectivity index (χ2n) is 6.29. The van der Waals surface area contributed by atoms with Gasteiger partial charge in [0.2, 0.25) is 0 Å². The van der Waals surface area contributed by atoms with Crippen LogP contribution < -0.4 is 0 Å². The molecule has 1 nitrogen and oxygen atoms in total. The zero-order chi connectivity index (χ0) is 15.8. The highest BCUT2D eigenvalue weighted by Gasteiger charge is 2.19. The van der Waals surface area contributed by atoms with E-state index >= 15 is 0 Å². The van der Waals surface area contributed by atoms with E-state index in [4.69, 9.17) is 5.26 Å². The average molecular weight is 297 g/mol. The number of hydrogen-bond acceptors (Lipinski definition) is 1. The summed E-state index contributed by atoms with van der Waals surface area (Å²) in [5, 5.41) is 8.72. The Morgan fingerprint density at radius 2 is 1.95 bits per heavy atom. The summed E-state index contributed by atoms with van der Waals surface area (Å²) >= 11 is 0. The summed E-state index contributed by atoms with van der Waals surface area (Å²) in [5.41, 5.74) is 0.750. The van der Waals surface area contributed by atoms with Crippen LogP contribution in [0.5, 0.6) is 0 Å². The van der Waals surface area contributed by atoms with Crippen LogP contribution in [0.4, 0.5) is 4.39 Å². The van der Waals surface area contributed by atoms with Gasteiger partial charge in [-0.2, -0.15) is 5.26 Å². The van der Waals surface area contributed by atoms with Gasteiger partial charge < -0.3 is 0 Å². The Bertz CT molecular complexity index is 580. The average Bonchev–Trinajstić information content (AvgIpc) is 2.54. The fraction of sp³-hybridized carbons (Fsp3) is 0.550. The normalized spacial score (nSPS) is 20.8. The minimum atomic E-state index is -0.478. The van der Waals surface area contributed by atoms with E-state index in [-0.39, 0.29) is 5.56 Å². The molecule has 1 saturated carbocycles. The standard InChI is InChI=1S/C20H24FN/c1-2-3-4-5-16-6-8-17(9-7-16)10-11-18-12-13-19(15-22)20(21)14-18/h12-14,16-17H,2-9H2,1H3. The molecule has 0 heterocycles. The van der Waals surface area contributed by atoms with Crippen molar-refractivity contribution in [2.75, 3.05) is 0 Å². The highest BCUT2D eigenvalue weighted by molar-refractivity contribution is 5.41. The van der Waals surface area contributed by atoms with Gasteiger partial charge in [0.25, 0.3) is 0 Å². The Labute approximate surface area is 133 Å². The Balaban J connectivity index is 1.84. The summed E-state index contributed by atoms with van der Waals surface area (Å²) in [5.74, 6) is 7.22. The molecule has 0 aromatic heterocycles. The first-order chi connectivity index (χ1) is 10.7. The molecule has 116 valence electrons. The van der Waals surface area contributed by atoms with Gasteiger partial charge in [-0.3, -0.25) is 0 Å². The monoisotopic (exact) mass is 297 g/mol. The Kier molecular flexibility index (Phi) is 6.47. The van der Waals surface area contributed by atoms with Crippen LogP contribution in [0, 0.1) is 40.8 Å². The maximum Gasteiger partial charge on any atom is 0.142 e. The van der Waals surface area contributed by atoms with Crippen molar-refractivity contribution < 1.29 is 4.39 Å². The van der Waals surface area contributed by atoms with Crippen LogP contribution in [-0.4, -0.2) is 0 Å². The van der Waals surface area contributed by atoms with E-state index in [0.717, 1.165) is 5.92 Å². The molecule has 0 atom stereocenters. The molecule has 0 radical (unpaired) electrons. The lowest BCUT2D eigenvalue weighted by Gasteiger charge is -2.25. The maximum absolute atomic E-state index is 13.5. The number of unbranched alkanes of at least 4 members (excludes halogenated alkanes) is 2. The molecule has 1 aromatic carbocycles. The van der Waals surface area contributed by atoms with Crippen molar-refractivity contribution in [1.29, 1.82) is 5.26 Å². The van der Waals surface area contributed by atoms with Crippen molar-refractivity contribution in [2.45, 2.75) is 58.3 Å². The molecule has 1 aliphatic carbocycles. The van der Waals surface area contributed by atoms with Crippen molar-refractivity contribution >= 4 is 0 Å². The van der Waals surface area contributed by atoms with E-state index in [0.29, 0.717) is 11.5 Å². The molecule has 0 amide bonds. The Hall–Kier alpha value is -1.80.